The van der Waals surface area contributed by atoms with Crippen LogP contribution in [0.15, 0.2) is 60.1 Å². The molecule has 7 nitrogen and oxygen atoms in total. The van der Waals surface area contributed by atoms with Crippen molar-refractivity contribution in [3.05, 3.63) is 82.6 Å². The summed E-state index contributed by atoms with van der Waals surface area (Å²) in [7, 11) is 0. The van der Waals surface area contributed by atoms with Crippen molar-refractivity contribution in [3.8, 4) is 11.3 Å². The molecule has 0 radical (unpaired) electrons. The number of pyridine rings is 1. The molecule has 0 bridgehead atoms. The molecule has 2 aliphatic heterocycles. The fourth-order valence-corrected chi connectivity index (χ4v) is 6.18. The van der Waals surface area contributed by atoms with E-state index >= 15 is 4.39 Å². The third kappa shape index (κ3) is 5.05. The number of anilines is 3. The second-order valence-corrected chi connectivity index (χ2v) is 11.0. The number of benzene rings is 2. The second-order valence-electron chi connectivity index (χ2n) is 10.6. The molecular formula is C32H36ClFN6O. The van der Waals surface area contributed by atoms with Gasteiger partial charge in [0.1, 0.15) is 24.1 Å². The number of nitrogens with zero attached hydrogens (tertiary/aromatic N) is 5. The Hall–Kier alpha value is -3.91. The normalized spacial score (nSPS) is 18.7. The number of fused-ring (bicyclic) bond motifs is 1. The van der Waals surface area contributed by atoms with Crippen LogP contribution in [0.2, 0.25) is 5.02 Å². The largest absolute Gasteiger partial charge is 0.398 e. The van der Waals surface area contributed by atoms with Crippen LogP contribution in [-0.4, -0.2) is 58.4 Å². The highest BCUT2D eigenvalue weighted by molar-refractivity contribution is 6.34. The number of aryl methyl sites for hydroxylation is 2. The van der Waals surface area contributed by atoms with Gasteiger partial charge in [-0.25, -0.2) is 14.4 Å². The van der Waals surface area contributed by atoms with E-state index in [9.17, 15) is 4.79 Å². The zero-order valence-electron chi connectivity index (χ0n) is 24.0. The molecule has 2 aromatic carbocycles. The maximum atomic E-state index is 15.1. The highest BCUT2D eigenvalue weighted by Gasteiger charge is 2.37. The van der Waals surface area contributed by atoms with Gasteiger partial charge in [-0.05, 0) is 62.1 Å². The van der Waals surface area contributed by atoms with Crippen molar-refractivity contribution in [1.29, 1.82) is 0 Å². The quantitative estimate of drug-likeness (QED) is 0.289. The van der Waals surface area contributed by atoms with Crippen LogP contribution in [0.4, 0.5) is 21.6 Å². The number of amides is 1. The lowest BCUT2D eigenvalue weighted by Crippen LogP contribution is -2.59. The van der Waals surface area contributed by atoms with E-state index in [2.05, 4.69) is 55.3 Å². The Morgan fingerprint density at radius 1 is 1.12 bits per heavy atom. The Labute approximate surface area is 246 Å². The molecule has 2 aliphatic rings. The van der Waals surface area contributed by atoms with Gasteiger partial charge in [0.15, 0.2) is 0 Å². The molecular weight excluding hydrogens is 539 g/mol. The predicted octanol–water partition coefficient (Wildman–Crippen LogP) is 6.21. The first-order chi connectivity index (χ1) is 19.7. The highest BCUT2D eigenvalue weighted by Crippen LogP contribution is 2.42. The number of carbonyl (C=O) groups excluding carboxylic acids is 1. The molecule has 1 fully saturated rings. The fraction of sp³-hybridized carbons (Fsp3) is 0.344. The first-order valence-electron chi connectivity index (χ1n) is 14.1. The number of hydrogen-bond donors (Lipinski definition) is 1. The van der Waals surface area contributed by atoms with Crippen LogP contribution in [0.3, 0.4) is 0 Å². The number of amidine groups is 1. The highest BCUT2D eigenvalue weighted by atomic mass is 35.5. The number of aromatic nitrogens is 1. The standard InChI is InChI=1S/C32H36ClFN6O/c1-6-21-11-9-12-22(7-2)30(21)40-18-36-31(39-17-19(4)38(16-20(39)5)27(41)8-3)23-15-24(33)29(37-32(23)40)28-25(34)13-10-14-26(28)35/h8-15,19-20H,3,6-7,16-18,35H2,1-2,4-5H3. The van der Waals surface area contributed by atoms with E-state index in [0.717, 1.165) is 29.9 Å². The van der Waals surface area contributed by atoms with E-state index in [4.69, 9.17) is 27.3 Å². The molecule has 214 valence electrons. The fourth-order valence-electron chi connectivity index (χ4n) is 5.94. The van der Waals surface area contributed by atoms with Crippen molar-refractivity contribution >= 4 is 40.5 Å². The van der Waals surface area contributed by atoms with Gasteiger partial charge in [-0.2, -0.15) is 0 Å². The molecule has 41 heavy (non-hydrogen) atoms. The number of aliphatic imine (C=N–C) groups is 1. The number of carbonyl (C=O) groups is 1. The van der Waals surface area contributed by atoms with Gasteiger partial charge in [0.25, 0.3) is 0 Å². The molecule has 0 aliphatic carbocycles. The molecule has 1 aromatic heterocycles. The summed E-state index contributed by atoms with van der Waals surface area (Å²) in [4.78, 5) is 28.8. The lowest BCUT2D eigenvalue weighted by Gasteiger charge is -2.46. The van der Waals surface area contributed by atoms with Crippen LogP contribution in [-0.2, 0) is 17.6 Å². The van der Waals surface area contributed by atoms with Crippen molar-refractivity contribution in [3.63, 3.8) is 0 Å². The van der Waals surface area contributed by atoms with Crippen LogP contribution in [0.25, 0.3) is 11.3 Å². The third-order valence-electron chi connectivity index (χ3n) is 8.05. The minimum absolute atomic E-state index is 0.0111. The number of piperazine rings is 1. The molecule has 2 atom stereocenters. The summed E-state index contributed by atoms with van der Waals surface area (Å²) < 4.78 is 15.1. The van der Waals surface area contributed by atoms with Gasteiger partial charge in [0.05, 0.1) is 27.5 Å². The van der Waals surface area contributed by atoms with Crippen molar-refractivity contribution < 1.29 is 9.18 Å². The van der Waals surface area contributed by atoms with E-state index in [0.29, 0.717) is 31.3 Å². The molecule has 3 aromatic rings. The Balaban J connectivity index is 1.69. The van der Waals surface area contributed by atoms with Crippen molar-refractivity contribution in [2.24, 2.45) is 4.99 Å². The number of para-hydroxylation sites is 1. The number of nitrogens with two attached hydrogens (primary N) is 1. The first kappa shape index (κ1) is 28.6. The Kier molecular flexibility index (Phi) is 8.04. The predicted molar refractivity (Wildman–Crippen MR) is 165 cm³/mol. The molecule has 3 heterocycles. The summed E-state index contributed by atoms with van der Waals surface area (Å²) in [6, 6.07) is 12.7. The molecule has 0 saturated carbocycles. The third-order valence-corrected chi connectivity index (χ3v) is 8.34. The van der Waals surface area contributed by atoms with Crippen LogP contribution in [0, 0.1) is 5.82 Å². The van der Waals surface area contributed by atoms with Crippen molar-refractivity contribution in [2.45, 2.75) is 52.6 Å². The van der Waals surface area contributed by atoms with Gasteiger partial charge >= 0.3 is 0 Å². The van der Waals surface area contributed by atoms with Gasteiger partial charge in [0.2, 0.25) is 5.91 Å². The number of nitrogen functional groups attached to an aromatic ring is 1. The summed E-state index contributed by atoms with van der Waals surface area (Å²) in [5.41, 5.74) is 11.2. The zero-order valence-corrected chi connectivity index (χ0v) is 24.7. The molecule has 0 spiro atoms. The summed E-state index contributed by atoms with van der Waals surface area (Å²) >= 11 is 6.86. The van der Waals surface area contributed by atoms with Crippen molar-refractivity contribution in [2.75, 3.05) is 30.4 Å². The lowest BCUT2D eigenvalue weighted by atomic mass is 9.99. The summed E-state index contributed by atoms with van der Waals surface area (Å²) in [5.74, 6) is 0.846. The molecule has 2 unspecified atom stereocenters. The second kappa shape index (κ2) is 11.5. The Morgan fingerprint density at radius 2 is 1.80 bits per heavy atom. The average molecular weight is 575 g/mol. The topological polar surface area (TPSA) is 78.1 Å². The SMILES string of the molecule is C=CC(=O)N1CC(C)N(C2=NCN(c3c(CC)cccc3CC)c3nc(-c4c(N)cccc4F)c(Cl)cc32)CC1C. The minimum atomic E-state index is -0.482. The maximum absolute atomic E-state index is 15.1. The van der Waals surface area contributed by atoms with E-state index in [1.807, 2.05) is 17.9 Å². The number of halogens is 2. The molecule has 1 saturated heterocycles. The maximum Gasteiger partial charge on any atom is 0.246 e. The van der Waals surface area contributed by atoms with Crippen LogP contribution in [0.5, 0.6) is 0 Å². The number of hydrogen-bond acceptors (Lipinski definition) is 6. The molecule has 5 rings (SSSR count). The van der Waals surface area contributed by atoms with E-state index in [1.165, 1.54) is 23.3 Å². The summed E-state index contributed by atoms with van der Waals surface area (Å²) in [6.45, 7) is 13.5. The van der Waals surface area contributed by atoms with Crippen LogP contribution in [0.1, 0.15) is 44.4 Å². The van der Waals surface area contributed by atoms with E-state index in [1.54, 1.807) is 12.1 Å². The Morgan fingerprint density at radius 3 is 2.44 bits per heavy atom. The minimum Gasteiger partial charge on any atom is -0.398 e. The van der Waals surface area contributed by atoms with Gasteiger partial charge < -0.3 is 20.4 Å². The van der Waals surface area contributed by atoms with Crippen LogP contribution < -0.4 is 10.6 Å². The zero-order chi connectivity index (χ0) is 29.4. The van der Waals surface area contributed by atoms with E-state index < -0.39 is 5.82 Å². The van der Waals surface area contributed by atoms with Gasteiger partial charge in [-0.3, -0.25) is 4.79 Å². The number of rotatable bonds is 5. The summed E-state index contributed by atoms with van der Waals surface area (Å²) in [5, 5.41) is 0.288. The smallest absolute Gasteiger partial charge is 0.246 e. The lowest BCUT2D eigenvalue weighted by molar-refractivity contribution is -0.130. The van der Waals surface area contributed by atoms with Gasteiger partial charge in [0, 0.05) is 30.9 Å². The van der Waals surface area contributed by atoms with Gasteiger partial charge in [-0.1, -0.05) is 56.3 Å². The Bertz CT molecular complexity index is 1500. The summed E-state index contributed by atoms with van der Waals surface area (Å²) in [6.07, 6.45) is 3.03. The first-order valence-corrected chi connectivity index (χ1v) is 14.5. The average Bonchev–Trinajstić information content (AvgIpc) is 2.97. The van der Waals surface area contributed by atoms with Crippen molar-refractivity contribution in [1.82, 2.24) is 14.8 Å². The van der Waals surface area contributed by atoms with Crippen LogP contribution >= 0.6 is 11.6 Å². The molecule has 2 N–H and O–H groups in total. The van der Waals surface area contributed by atoms with Gasteiger partial charge in [-0.15, -0.1) is 0 Å². The monoisotopic (exact) mass is 574 g/mol. The molecule has 1 amide bonds. The van der Waals surface area contributed by atoms with E-state index in [-0.39, 0.29) is 34.3 Å². The molecule has 9 heteroatoms.